The molecule has 3 amide bonds. The van der Waals surface area contributed by atoms with E-state index in [-0.39, 0.29) is 0 Å². The van der Waals surface area contributed by atoms with Crippen LogP contribution < -0.4 is 16.0 Å². The number of rotatable bonds is 23. The van der Waals surface area contributed by atoms with Gasteiger partial charge in [-0.25, -0.2) is 0 Å². The Hall–Kier alpha value is -3.03. The van der Waals surface area contributed by atoms with Crippen LogP contribution in [0.4, 0.5) is 0 Å². The molecule has 42 nitrogen and oxygen atoms in total. The predicted molar refractivity (Wildman–Crippen MR) is 296 cm³/mol. The lowest BCUT2D eigenvalue weighted by Gasteiger charge is -2.53. The maximum Gasteiger partial charge on any atom is 0.217 e. The van der Waals surface area contributed by atoms with E-state index in [1.807, 2.05) is 0 Å². The zero-order chi connectivity index (χ0) is 70.8. The van der Waals surface area contributed by atoms with E-state index in [1.54, 1.807) is 0 Å². The molecule has 8 aliphatic rings. The Bertz CT molecular complexity index is 2470. The van der Waals surface area contributed by atoms with Crippen LogP contribution in [-0.2, 0) is 85.4 Å². The Kier molecular flexibility index (Phi) is 27.7. The lowest BCUT2D eigenvalue weighted by Crippen LogP contribution is -2.72. The van der Waals surface area contributed by atoms with Crippen LogP contribution in [0.2, 0.25) is 0 Å². The van der Waals surface area contributed by atoms with E-state index in [9.17, 15) is 122 Å². The first-order valence-electron chi connectivity index (χ1n) is 30.8. The summed E-state index contributed by atoms with van der Waals surface area (Å²) in [6, 6.07) is -5.62. The molecule has 0 aromatic carbocycles. The quantitative estimate of drug-likeness (QED) is 0.0452. The van der Waals surface area contributed by atoms with Gasteiger partial charge in [0, 0.05) is 20.8 Å². The van der Waals surface area contributed by atoms with Crippen molar-refractivity contribution in [1.29, 1.82) is 0 Å². The summed E-state index contributed by atoms with van der Waals surface area (Å²) in [6.07, 6.45) is -73.7. The number of amides is 3. The van der Waals surface area contributed by atoms with Gasteiger partial charge in [0.2, 0.25) is 17.7 Å². The fourth-order valence-electron chi connectivity index (χ4n) is 12.6. The highest BCUT2D eigenvalue weighted by atomic mass is 16.8. The van der Waals surface area contributed by atoms with E-state index in [0.717, 1.165) is 20.8 Å². The summed E-state index contributed by atoms with van der Waals surface area (Å²) < 4.78 is 89.9. The highest BCUT2D eigenvalue weighted by Gasteiger charge is 2.61. The van der Waals surface area contributed by atoms with E-state index in [4.69, 9.17) is 71.1 Å². The second kappa shape index (κ2) is 33.8. The summed E-state index contributed by atoms with van der Waals surface area (Å²) in [5.74, 6) is -2.73. The standard InChI is InChI=1S/C54H91N3O39/c1-12-26(67)32(73)36(77)51(82-12)93-43-24(56-15(4)65)49(86-18(7-59)29(43)70)95-45-30(71)19(8-60)87-53(38(45)79)92-41-21(10-62)88-50(25(57-16(5)66)44(41)94-52-37(78)33(74)27(68)13(2)83-52)96-46-39(80)54(90-40-20(9-61)84-47(81)35(76)34(40)75)89-22(11-63)42(46)91-48-23(55-14(3)64)31(72)28(69)17(6-58)85-48/h12-13,17-54,58-63,67-81H,6-11H2,1-5H3,(H,55,64)(H,56,65)(H,57,66)/t12-,13-,17+,18+,19+,20+,21+,22+,23+,24+,25+,26+,27+,28-,29-,30-,31+,32+,33+,34+,35+,36-,37-,38+,39+,40+,41+,42-,43+,44+,45-,46+,47?,48-,49-,50-,51-,52-,53-,54-/m0/s1. The number of aliphatic hydroxyl groups is 21. The summed E-state index contributed by atoms with van der Waals surface area (Å²) in [7, 11) is 0. The lowest BCUT2D eigenvalue weighted by molar-refractivity contribution is -0.403. The van der Waals surface area contributed by atoms with Crippen molar-refractivity contribution in [2.45, 2.75) is 280 Å². The second-order valence-electron chi connectivity index (χ2n) is 24.5. The molecule has 24 N–H and O–H groups in total. The molecule has 556 valence electrons. The first-order valence-corrected chi connectivity index (χ1v) is 30.8. The molecule has 1 unspecified atom stereocenters. The van der Waals surface area contributed by atoms with Crippen LogP contribution in [0.15, 0.2) is 0 Å². The number of nitrogens with one attached hydrogen (secondary N) is 3. The van der Waals surface area contributed by atoms with Crippen LogP contribution in [0.1, 0.15) is 34.6 Å². The third kappa shape index (κ3) is 16.9. The van der Waals surface area contributed by atoms with Gasteiger partial charge in [0.25, 0.3) is 0 Å². The molecular formula is C54H91N3O39. The van der Waals surface area contributed by atoms with Gasteiger partial charge in [-0.2, -0.15) is 0 Å². The number of aliphatic hydroxyl groups excluding tert-OH is 21. The molecule has 40 atom stereocenters. The molecule has 0 aromatic rings. The van der Waals surface area contributed by atoms with Crippen LogP contribution in [0, 0.1) is 0 Å². The molecule has 8 aliphatic heterocycles. The minimum absolute atomic E-state index is 0.852. The van der Waals surface area contributed by atoms with Gasteiger partial charge in [-0.05, 0) is 13.8 Å². The molecule has 96 heavy (non-hydrogen) atoms. The van der Waals surface area contributed by atoms with Crippen molar-refractivity contribution >= 4 is 17.7 Å². The van der Waals surface area contributed by atoms with E-state index in [0.29, 0.717) is 0 Å². The van der Waals surface area contributed by atoms with E-state index in [1.165, 1.54) is 13.8 Å². The number of carbonyl (C=O) groups excluding carboxylic acids is 3. The van der Waals surface area contributed by atoms with Crippen LogP contribution in [-0.4, -0.2) is 410 Å². The SMILES string of the molecule is CC(=O)N[C@H]1[C@H](O[C@@H]2[C@H](O[C@@H]3O[C@H](CO)[C@@H](O[C@@H]4O[C@H](CO)[C@H](O)[C@H](O[C@@H]5O[C@H](CO)[C@H](O)[C@H](O[C@@H]6O[C@@H](C)[C@@H](O)[C@@H](O)[C@@H]6O)[C@H]5NC(C)=O)[C@H]4O)[C@H](O[C@@H]4O[C@@H](C)[C@@H](O)[C@@H](O)[C@@H]4O)[C@H]3NC(C)=O)[C@@H](O)[C@H](O[C@H]3[C@H](O)[C@@H](O)C(O)O[C@@H]3CO)O[C@@H]2CO)O[C@H](CO)[C@H](O)[C@@H]1O. The third-order valence-electron chi connectivity index (χ3n) is 17.8. The summed E-state index contributed by atoms with van der Waals surface area (Å²) in [5.41, 5.74) is 0. The Balaban J connectivity index is 1.18. The first-order chi connectivity index (χ1) is 45.3. The highest BCUT2D eigenvalue weighted by Crippen LogP contribution is 2.40. The molecule has 8 heterocycles. The van der Waals surface area contributed by atoms with Crippen molar-refractivity contribution in [2.24, 2.45) is 0 Å². The lowest BCUT2D eigenvalue weighted by atomic mass is 9.93. The smallest absolute Gasteiger partial charge is 0.217 e. The van der Waals surface area contributed by atoms with Gasteiger partial charge in [-0.3, -0.25) is 14.4 Å². The summed E-state index contributed by atoms with van der Waals surface area (Å²) >= 11 is 0. The molecule has 0 spiro atoms. The predicted octanol–water partition coefficient (Wildman–Crippen LogP) is -16.0. The average Bonchev–Trinajstić information content (AvgIpc) is 0.792. The van der Waals surface area contributed by atoms with Gasteiger partial charge in [0.15, 0.2) is 50.3 Å². The maximum absolute atomic E-state index is 13.6. The van der Waals surface area contributed by atoms with Crippen molar-refractivity contribution in [3.05, 3.63) is 0 Å². The number of hydrogen-bond donors (Lipinski definition) is 24. The summed E-state index contributed by atoms with van der Waals surface area (Å²) in [6.45, 7) is -1.17. The van der Waals surface area contributed by atoms with Crippen LogP contribution in [0.25, 0.3) is 0 Å². The van der Waals surface area contributed by atoms with E-state index >= 15 is 0 Å². The number of hydrogen-bond acceptors (Lipinski definition) is 39. The topological polar surface area (TPSA) is 651 Å². The minimum Gasteiger partial charge on any atom is -0.394 e. The van der Waals surface area contributed by atoms with Gasteiger partial charge in [0.05, 0.1) is 51.8 Å². The van der Waals surface area contributed by atoms with Crippen LogP contribution in [0.5, 0.6) is 0 Å². The molecule has 8 rings (SSSR count). The largest absolute Gasteiger partial charge is 0.394 e. The fraction of sp³-hybridized carbons (Fsp3) is 0.944. The van der Waals surface area contributed by atoms with Gasteiger partial charge >= 0.3 is 0 Å². The Labute approximate surface area is 545 Å². The van der Waals surface area contributed by atoms with Gasteiger partial charge < -0.3 is 194 Å². The summed E-state index contributed by atoms with van der Waals surface area (Å²) in [4.78, 5) is 39.1. The van der Waals surface area contributed by atoms with Crippen molar-refractivity contribution < 1.29 is 193 Å². The molecule has 0 aromatic heterocycles. The summed E-state index contributed by atoms with van der Waals surface area (Å²) in [5, 5.41) is 239. The Morgan fingerprint density at radius 2 is 0.583 bits per heavy atom. The fourth-order valence-corrected chi connectivity index (χ4v) is 12.6. The van der Waals surface area contributed by atoms with E-state index < -0.39 is 303 Å². The maximum atomic E-state index is 13.6. The van der Waals surface area contributed by atoms with E-state index in [2.05, 4.69) is 16.0 Å². The monoisotopic (exact) mass is 1410 g/mol. The molecule has 0 aliphatic carbocycles. The first kappa shape index (κ1) is 78.7. The Morgan fingerprint density at radius 3 is 1.06 bits per heavy atom. The highest BCUT2D eigenvalue weighted by molar-refractivity contribution is 5.74. The second-order valence-corrected chi connectivity index (χ2v) is 24.5. The number of ether oxygens (including phenoxy) is 15. The number of carbonyl (C=O) groups is 3. The Morgan fingerprint density at radius 1 is 0.271 bits per heavy atom. The molecule has 0 bridgehead atoms. The van der Waals surface area contributed by atoms with Crippen molar-refractivity contribution in [1.82, 2.24) is 16.0 Å². The molecule has 0 radical (unpaired) electrons. The normalized spacial score (nSPS) is 50.3. The van der Waals surface area contributed by atoms with Crippen LogP contribution >= 0.6 is 0 Å². The van der Waals surface area contributed by atoms with Gasteiger partial charge in [-0.1, -0.05) is 0 Å². The minimum atomic E-state index is -2.43. The molecular weight excluding hydrogens is 1310 g/mol. The zero-order valence-electron chi connectivity index (χ0n) is 52.1. The third-order valence-corrected chi connectivity index (χ3v) is 17.8. The zero-order valence-corrected chi connectivity index (χ0v) is 52.1. The molecule has 8 fully saturated rings. The van der Waals surface area contributed by atoms with Crippen molar-refractivity contribution in [2.75, 3.05) is 39.6 Å². The molecule has 8 saturated heterocycles. The molecule has 0 saturated carbocycles. The van der Waals surface area contributed by atoms with Gasteiger partial charge in [0.1, 0.15) is 183 Å². The van der Waals surface area contributed by atoms with Crippen molar-refractivity contribution in [3.8, 4) is 0 Å². The average molecular weight is 1410 g/mol. The molecule has 42 heteroatoms. The van der Waals surface area contributed by atoms with Gasteiger partial charge in [-0.15, -0.1) is 0 Å². The van der Waals surface area contributed by atoms with Crippen LogP contribution in [0.3, 0.4) is 0 Å². The van der Waals surface area contributed by atoms with Crippen molar-refractivity contribution in [3.63, 3.8) is 0 Å².